The number of aromatic amines is 1. The van der Waals surface area contributed by atoms with Gasteiger partial charge in [-0.15, -0.1) is 6.58 Å². The second-order valence-electron chi connectivity index (χ2n) is 5.03. The van der Waals surface area contributed by atoms with E-state index in [1.54, 1.807) is 13.2 Å². The maximum atomic E-state index is 12.2. The fraction of sp³-hybridized carbons (Fsp3) is 0.571. The van der Waals surface area contributed by atoms with Crippen molar-refractivity contribution < 1.29 is 4.74 Å². The third-order valence-corrected chi connectivity index (χ3v) is 3.52. The molecule has 2 heterocycles. The molecule has 1 aromatic rings. The van der Waals surface area contributed by atoms with Crippen LogP contribution in [0.2, 0.25) is 0 Å². The molecule has 0 bridgehead atoms. The Bertz CT molecular complexity index is 518. The van der Waals surface area contributed by atoms with Gasteiger partial charge in [0, 0.05) is 38.9 Å². The summed E-state index contributed by atoms with van der Waals surface area (Å²) in [4.78, 5) is 24.0. The second-order valence-corrected chi connectivity index (χ2v) is 5.03. The fourth-order valence-electron chi connectivity index (χ4n) is 2.31. The van der Waals surface area contributed by atoms with Gasteiger partial charge >= 0.3 is 0 Å². The molecule has 0 aliphatic carbocycles. The minimum atomic E-state index is -0.0964. The molecular weight excluding hydrogens is 256 g/mol. The van der Waals surface area contributed by atoms with Crippen LogP contribution < -0.4 is 10.5 Å². The van der Waals surface area contributed by atoms with Crippen molar-refractivity contribution in [2.75, 3.05) is 45.2 Å². The number of hydrogen-bond donors (Lipinski definition) is 1. The van der Waals surface area contributed by atoms with Gasteiger partial charge in [-0.25, -0.2) is 4.98 Å². The predicted molar refractivity (Wildman–Crippen MR) is 79.2 cm³/mol. The van der Waals surface area contributed by atoms with Gasteiger partial charge in [-0.3, -0.25) is 9.78 Å². The first-order valence-electron chi connectivity index (χ1n) is 6.81. The summed E-state index contributed by atoms with van der Waals surface area (Å²) in [5.41, 5.74) is 1.24. The molecule has 0 atom stereocenters. The zero-order valence-corrected chi connectivity index (χ0v) is 12.2. The number of nitrogens with one attached hydrogen (secondary N) is 1. The lowest BCUT2D eigenvalue weighted by Gasteiger charge is -2.32. The van der Waals surface area contributed by atoms with Gasteiger partial charge in [0.15, 0.2) is 0 Å². The highest BCUT2D eigenvalue weighted by Crippen LogP contribution is 2.12. The molecule has 0 aromatic carbocycles. The summed E-state index contributed by atoms with van der Waals surface area (Å²) in [5.74, 6) is 0.642. The van der Waals surface area contributed by atoms with Crippen LogP contribution in [-0.2, 0) is 17.8 Å². The molecule has 1 aliphatic rings. The second kappa shape index (κ2) is 6.67. The zero-order chi connectivity index (χ0) is 14.5. The number of allylic oxidation sites excluding steroid dienone is 1. The highest BCUT2D eigenvalue weighted by Gasteiger charge is 2.18. The first-order valence-corrected chi connectivity index (χ1v) is 6.81. The van der Waals surface area contributed by atoms with Crippen molar-refractivity contribution in [2.24, 2.45) is 0 Å². The third-order valence-electron chi connectivity index (χ3n) is 3.52. The van der Waals surface area contributed by atoms with Crippen molar-refractivity contribution in [1.82, 2.24) is 14.9 Å². The highest BCUT2D eigenvalue weighted by atomic mass is 16.5. The lowest BCUT2D eigenvalue weighted by molar-refractivity contribution is 0.180. The Hall–Kier alpha value is -1.66. The van der Waals surface area contributed by atoms with Crippen molar-refractivity contribution in [1.29, 1.82) is 0 Å². The molecule has 0 radical (unpaired) electrons. The van der Waals surface area contributed by atoms with Crippen LogP contribution in [0.4, 0.5) is 5.95 Å². The minimum absolute atomic E-state index is 0.0964. The van der Waals surface area contributed by atoms with Crippen LogP contribution in [0.5, 0.6) is 0 Å². The topological polar surface area (TPSA) is 61.5 Å². The van der Waals surface area contributed by atoms with E-state index in [0.29, 0.717) is 30.2 Å². The summed E-state index contributed by atoms with van der Waals surface area (Å²) >= 11 is 0. The molecule has 0 amide bonds. The van der Waals surface area contributed by atoms with E-state index in [9.17, 15) is 4.79 Å². The SMILES string of the molecule is C=CCc1c(COC)nc(N2CCN(C)CC2)[nH]c1=O. The van der Waals surface area contributed by atoms with Gasteiger partial charge in [0.25, 0.3) is 5.56 Å². The number of methoxy groups -OCH3 is 1. The van der Waals surface area contributed by atoms with Crippen LogP contribution in [0.15, 0.2) is 17.4 Å². The molecule has 1 saturated heterocycles. The molecule has 6 heteroatoms. The number of hydrogen-bond acceptors (Lipinski definition) is 5. The standard InChI is InChI=1S/C14H22N4O2/c1-4-5-11-12(10-20-3)15-14(16-13(11)19)18-8-6-17(2)7-9-18/h4H,1,5-10H2,2-3H3,(H,15,16,19). The Morgan fingerprint density at radius 1 is 1.40 bits per heavy atom. The van der Waals surface area contributed by atoms with Crippen molar-refractivity contribution >= 4 is 5.95 Å². The first-order chi connectivity index (χ1) is 9.65. The van der Waals surface area contributed by atoms with Crippen LogP contribution in [-0.4, -0.2) is 55.2 Å². The van der Waals surface area contributed by atoms with E-state index in [1.165, 1.54) is 0 Å². The number of ether oxygens (including phenoxy) is 1. The van der Waals surface area contributed by atoms with E-state index in [4.69, 9.17) is 4.74 Å². The van der Waals surface area contributed by atoms with E-state index in [1.807, 2.05) is 0 Å². The van der Waals surface area contributed by atoms with Gasteiger partial charge in [0.1, 0.15) is 0 Å². The fourth-order valence-corrected chi connectivity index (χ4v) is 2.31. The predicted octanol–water partition coefficient (Wildman–Crippen LogP) is 0.397. The number of rotatable bonds is 5. The van der Waals surface area contributed by atoms with Crippen molar-refractivity contribution in [3.8, 4) is 0 Å². The highest BCUT2D eigenvalue weighted by molar-refractivity contribution is 5.34. The van der Waals surface area contributed by atoms with Crippen molar-refractivity contribution in [3.05, 3.63) is 34.3 Å². The average Bonchev–Trinajstić information content (AvgIpc) is 2.43. The quantitative estimate of drug-likeness (QED) is 0.790. The molecule has 20 heavy (non-hydrogen) atoms. The Kier molecular flexibility index (Phi) is 4.92. The molecule has 2 rings (SSSR count). The van der Waals surface area contributed by atoms with Crippen LogP contribution in [0, 0.1) is 0 Å². The van der Waals surface area contributed by atoms with E-state index >= 15 is 0 Å². The van der Waals surface area contributed by atoms with Gasteiger partial charge in [0.2, 0.25) is 5.95 Å². The summed E-state index contributed by atoms with van der Waals surface area (Å²) in [6.45, 7) is 7.70. The van der Waals surface area contributed by atoms with Gasteiger partial charge in [0.05, 0.1) is 12.3 Å². The van der Waals surface area contributed by atoms with Gasteiger partial charge in [-0.05, 0) is 13.5 Å². The van der Waals surface area contributed by atoms with Crippen LogP contribution in [0.1, 0.15) is 11.3 Å². The van der Waals surface area contributed by atoms with Gasteiger partial charge in [-0.2, -0.15) is 0 Å². The Balaban J connectivity index is 2.30. The molecular formula is C14H22N4O2. The third kappa shape index (κ3) is 3.26. The molecule has 6 nitrogen and oxygen atoms in total. The largest absolute Gasteiger partial charge is 0.378 e. The lowest BCUT2D eigenvalue weighted by Crippen LogP contribution is -2.45. The monoisotopic (exact) mass is 278 g/mol. The lowest BCUT2D eigenvalue weighted by atomic mass is 10.1. The van der Waals surface area contributed by atoms with Gasteiger partial charge in [-0.1, -0.05) is 6.08 Å². The Labute approximate surface area is 119 Å². The van der Waals surface area contributed by atoms with Crippen molar-refractivity contribution in [3.63, 3.8) is 0 Å². The van der Waals surface area contributed by atoms with Crippen molar-refractivity contribution in [2.45, 2.75) is 13.0 Å². The Morgan fingerprint density at radius 3 is 2.70 bits per heavy atom. The Morgan fingerprint density at radius 2 is 2.10 bits per heavy atom. The smallest absolute Gasteiger partial charge is 0.256 e. The molecule has 1 aromatic heterocycles. The number of aromatic nitrogens is 2. The average molecular weight is 278 g/mol. The minimum Gasteiger partial charge on any atom is -0.378 e. The molecule has 1 N–H and O–H groups in total. The molecule has 0 spiro atoms. The summed E-state index contributed by atoms with van der Waals surface area (Å²) in [6, 6.07) is 0. The van der Waals surface area contributed by atoms with Crippen LogP contribution in [0.3, 0.4) is 0 Å². The van der Waals surface area contributed by atoms with E-state index in [2.05, 4.69) is 33.4 Å². The zero-order valence-electron chi connectivity index (χ0n) is 12.2. The van der Waals surface area contributed by atoms with E-state index < -0.39 is 0 Å². The molecule has 110 valence electrons. The molecule has 0 saturated carbocycles. The number of anilines is 1. The number of H-pyrrole nitrogens is 1. The van der Waals surface area contributed by atoms with E-state index in [0.717, 1.165) is 26.2 Å². The molecule has 0 unspecified atom stereocenters. The number of piperazine rings is 1. The summed E-state index contributed by atoms with van der Waals surface area (Å²) in [5, 5.41) is 0. The maximum Gasteiger partial charge on any atom is 0.256 e. The number of nitrogens with zero attached hydrogens (tertiary/aromatic N) is 3. The van der Waals surface area contributed by atoms with Crippen LogP contribution in [0.25, 0.3) is 0 Å². The summed E-state index contributed by atoms with van der Waals surface area (Å²) in [6.07, 6.45) is 2.21. The normalized spacial score (nSPS) is 16.4. The maximum absolute atomic E-state index is 12.2. The van der Waals surface area contributed by atoms with Crippen LogP contribution >= 0.6 is 0 Å². The first kappa shape index (κ1) is 14.7. The van der Waals surface area contributed by atoms with Gasteiger partial charge < -0.3 is 14.5 Å². The summed E-state index contributed by atoms with van der Waals surface area (Å²) < 4.78 is 5.15. The molecule has 1 fully saturated rings. The summed E-state index contributed by atoms with van der Waals surface area (Å²) in [7, 11) is 3.70. The number of likely N-dealkylation sites (N-methyl/N-ethyl adjacent to an activating group) is 1. The van der Waals surface area contributed by atoms with E-state index in [-0.39, 0.29) is 5.56 Å². The molecule has 1 aliphatic heterocycles.